The van der Waals surface area contributed by atoms with Gasteiger partial charge in [-0.15, -0.1) is 11.3 Å². The number of fused-ring (bicyclic) bond motifs is 2. The van der Waals surface area contributed by atoms with Crippen LogP contribution in [0, 0.1) is 11.8 Å². The number of thiazole rings is 1. The molecule has 0 atom stereocenters. The molecule has 39 heavy (non-hydrogen) atoms. The lowest BCUT2D eigenvalue weighted by atomic mass is 10.0. The molecule has 0 radical (unpaired) electrons. The quantitative estimate of drug-likeness (QED) is 0.378. The summed E-state index contributed by atoms with van der Waals surface area (Å²) in [7, 11) is 0. The molecule has 2 aliphatic carbocycles. The third-order valence-corrected chi connectivity index (χ3v) is 9.47. The number of aromatic nitrogens is 2. The van der Waals surface area contributed by atoms with Crippen molar-refractivity contribution < 1.29 is 23.5 Å². The second-order valence-corrected chi connectivity index (χ2v) is 13.2. The number of nitrogens with zero attached hydrogens (tertiary/aromatic N) is 3. The summed E-state index contributed by atoms with van der Waals surface area (Å²) in [5.41, 5.74) is -1.23. The van der Waals surface area contributed by atoms with Crippen LogP contribution in [-0.2, 0) is 0 Å². The molecule has 2 bridgehead atoms. The van der Waals surface area contributed by atoms with E-state index in [1.54, 1.807) is 13.8 Å². The Morgan fingerprint density at radius 3 is 2.26 bits per heavy atom. The summed E-state index contributed by atoms with van der Waals surface area (Å²) in [6, 6.07) is 1.88. The Hall–Kier alpha value is -2.66. The minimum atomic E-state index is -2.80. The number of anilines is 1. The molecular formula is C28H35F2N5O3S. The van der Waals surface area contributed by atoms with Crippen molar-refractivity contribution in [3.8, 4) is 10.4 Å². The van der Waals surface area contributed by atoms with E-state index < -0.39 is 17.9 Å². The Bertz CT molecular complexity index is 1240. The average Bonchev–Trinajstić information content (AvgIpc) is 3.81. The van der Waals surface area contributed by atoms with E-state index in [1.807, 2.05) is 4.90 Å². The van der Waals surface area contributed by atoms with Gasteiger partial charge in [-0.2, -0.15) is 0 Å². The van der Waals surface area contributed by atoms with Gasteiger partial charge in [-0.05, 0) is 83.1 Å². The van der Waals surface area contributed by atoms with Gasteiger partial charge in [0.25, 0.3) is 18.2 Å². The summed E-state index contributed by atoms with van der Waals surface area (Å²) in [5, 5.41) is 16.1. The molecule has 2 aromatic heterocycles. The van der Waals surface area contributed by atoms with Crippen LogP contribution in [0.2, 0.25) is 0 Å². The highest BCUT2D eigenvalue weighted by Crippen LogP contribution is 2.46. The maximum Gasteiger partial charge on any atom is 0.280 e. The number of alkyl halides is 2. The fourth-order valence-corrected chi connectivity index (χ4v) is 7.11. The smallest absolute Gasteiger partial charge is 0.280 e. The fourth-order valence-electron chi connectivity index (χ4n) is 6.11. The highest BCUT2D eigenvalue weighted by Gasteiger charge is 2.44. The normalized spacial score (nSPS) is 22.7. The number of carbonyl (C=O) groups is 2. The van der Waals surface area contributed by atoms with Gasteiger partial charge in [0.05, 0.1) is 10.5 Å². The SMILES string of the molecule is CC(C)(O)CNC(=O)c1nc(C(=O)N2[C@H]3CC[C@H]2CC3)c(-c2cnc(NC(C3CC3)C3CC3)cc2C(F)F)s1. The van der Waals surface area contributed by atoms with Gasteiger partial charge in [0.1, 0.15) is 11.5 Å². The molecule has 8 nitrogen and oxygen atoms in total. The summed E-state index contributed by atoms with van der Waals surface area (Å²) in [4.78, 5) is 37.7. The number of amides is 2. The van der Waals surface area contributed by atoms with Gasteiger partial charge in [0.15, 0.2) is 5.01 Å². The molecule has 2 aromatic rings. The minimum absolute atomic E-state index is 0.00547. The van der Waals surface area contributed by atoms with Gasteiger partial charge in [0, 0.05) is 42.0 Å². The van der Waals surface area contributed by atoms with Crippen molar-refractivity contribution in [2.75, 3.05) is 11.9 Å². The maximum absolute atomic E-state index is 14.5. The topological polar surface area (TPSA) is 107 Å². The highest BCUT2D eigenvalue weighted by molar-refractivity contribution is 7.17. The van der Waals surface area contributed by atoms with Crippen LogP contribution in [0.15, 0.2) is 12.3 Å². The highest BCUT2D eigenvalue weighted by atomic mass is 32.1. The van der Waals surface area contributed by atoms with Crippen molar-refractivity contribution >= 4 is 29.0 Å². The predicted molar refractivity (Wildman–Crippen MR) is 144 cm³/mol. The van der Waals surface area contributed by atoms with Crippen LogP contribution < -0.4 is 10.6 Å². The molecule has 2 saturated carbocycles. The van der Waals surface area contributed by atoms with Crippen LogP contribution >= 0.6 is 11.3 Å². The Labute approximate surface area is 230 Å². The Morgan fingerprint density at radius 2 is 1.72 bits per heavy atom. The Morgan fingerprint density at radius 1 is 1.10 bits per heavy atom. The van der Waals surface area contributed by atoms with Crippen LogP contribution in [-0.4, -0.2) is 62.1 Å². The van der Waals surface area contributed by atoms with Crippen LogP contribution in [0.25, 0.3) is 10.4 Å². The van der Waals surface area contributed by atoms with Gasteiger partial charge in [0.2, 0.25) is 0 Å². The van der Waals surface area contributed by atoms with E-state index in [9.17, 15) is 23.5 Å². The molecule has 4 heterocycles. The first-order valence-corrected chi connectivity index (χ1v) is 14.8. The first-order valence-electron chi connectivity index (χ1n) is 14.0. The van der Waals surface area contributed by atoms with E-state index in [-0.39, 0.29) is 57.3 Å². The molecule has 2 saturated heterocycles. The molecule has 6 rings (SSSR count). The van der Waals surface area contributed by atoms with E-state index in [0.29, 0.717) is 17.7 Å². The average molecular weight is 560 g/mol. The maximum atomic E-state index is 14.5. The fraction of sp³-hybridized carbons (Fsp3) is 0.643. The van der Waals surface area contributed by atoms with Crippen molar-refractivity contribution in [3.63, 3.8) is 0 Å². The van der Waals surface area contributed by atoms with Gasteiger partial charge in [-0.1, -0.05) is 0 Å². The molecule has 0 unspecified atom stereocenters. The number of rotatable bonds is 10. The molecule has 2 amide bonds. The lowest BCUT2D eigenvalue weighted by Gasteiger charge is -2.22. The largest absolute Gasteiger partial charge is 0.389 e. The van der Waals surface area contributed by atoms with Crippen molar-refractivity contribution in [2.24, 2.45) is 11.8 Å². The summed E-state index contributed by atoms with van der Waals surface area (Å²) in [6.07, 6.45) is 6.86. The lowest BCUT2D eigenvalue weighted by Crippen LogP contribution is -2.38. The zero-order valence-electron chi connectivity index (χ0n) is 22.3. The van der Waals surface area contributed by atoms with Gasteiger partial charge < -0.3 is 20.6 Å². The number of halogens is 2. The van der Waals surface area contributed by atoms with Crippen LogP contribution in [0.3, 0.4) is 0 Å². The van der Waals surface area contributed by atoms with Crippen molar-refractivity contribution in [1.82, 2.24) is 20.2 Å². The molecular weight excluding hydrogens is 524 g/mol. The number of carbonyl (C=O) groups excluding carboxylic acids is 2. The Balaban J connectivity index is 1.36. The van der Waals surface area contributed by atoms with Gasteiger partial charge >= 0.3 is 0 Å². The molecule has 3 N–H and O–H groups in total. The van der Waals surface area contributed by atoms with Gasteiger partial charge in [-0.3, -0.25) is 9.59 Å². The minimum Gasteiger partial charge on any atom is -0.389 e. The monoisotopic (exact) mass is 559 g/mol. The van der Waals surface area contributed by atoms with E-state index >= 15 is 0 Å². The zero-order chi connectivity index (χ0) is 27.5. The van der Waals surface area contributed by atoms with Crippen molar-refractivity contribution in [1.29, 1.82) is 0 Å². The molecule has 0 spiro atoms. The Kier molecular flexibility index (Phi) is 6.86. The number of nitrogens with one attached hydrogen (secondary N) is 2. The molecule has 2 aliphatic heterocycles. The molecule has 11 heteroatoms. The van der Waals surface area contributed by atoms with Crippen molar-refractivity contribution in [2.45, 2.75) is 95.4 Å². The van der Waals surface area contributed by atoms with E-state index in [2.05, 4.69) is 20.6 Å². The molecule has 210 valence electrons. The first kappa shape index (κ1) is 26.6. The standard InChI is InChI=1S/C28H35F2N5O3S/c1-28(2,38)13-32-25(36)26-34-22(27(37)35-16-7-8-17(35)10-9-16)23(39-26)19-12-31-20(11-18(19)24(29)30)33-21(14-3-4-14)15-5-6-15/h11-12,14-17,21,24,38H,3-10,13H2,1-2H3,(H,31,33)(H,32,36)/t16-,17-. The van der Waals surface area contributed by atoms with E-state index in [4.69, 9.17) is 0 Å². The lowest BCUT2D eigenvalue weighted by molar-refractivity contribution is 0.0692. The van der Waals surface area contributed by atoms with Crippen molar-refractivity contribution in [3.05, 3.63) is 28.5 Å². The summed E-state index contributed by atoms with van der Waals surface area (Å²) in [6.45, 7) is 3.10. The van der Waals surface area contributed by atoms with E-state index in [1.165, 1.54) is 12.3 Å². The molecule has 4 fully saturated rings. The van der Waals surface area contributed by atoms with Gasteiger partial charge in [-0.25, -0.2) is 18.7 Å². The second-order valence-electron chi connectivity index (χ2n) is 12.2. The van der Waals surface area contributed by atoms with E-state index in [0.717, 1.165) is 62.7 Å². The third-order valence-electron chi connectivity index (χ3n) is 8.38. The number of pyridine rings is 1. The number of aliphatic hydroxyl groups is 1. The summed E-state index contributed by atoms with van der Waals surface area (Å²) in [5.74, 6) is 0.670. The second kappa shape index (κ2) is 10.1. The van der Waals surface area contributed by atoms with Crippen LogP contribution in [0.5, 0.6) is 0 Å². The first-order chi connectivity index (χ1) is 18.6. The predicted octanol–water partition coefficient (Wildman–Crippen LogP) is 5.01. The number of hydrogen-bond acceptors (Lipinski definition) is 7. The number of hydrogen-bond donors (Lipinski definition) is 3. The summed E-state index contributed by atoms with van der Waals surface area (Å²) >= 11 is 0.916. The zero-order valence-corrected chi connectivity index (χ0v) is 23.1. The third kappa shape index (κ3) is 5.52. The molecule has 4 aliphatic rings. The van der Waals surface area contributed by atoms with Crippen LogP contribution in [0.4, 0.5) is 14.6 Å². The van der Waals surface area contributed by atoms with Crippen LogP contribution in [0.1, 0.15) is 97.5 Å². The molecule has 0 aromatic carbocycles. The summed E-state index contributed by atoms with van der Waals surface area (Å²) < 4.78 is 29.0.